The van der Waals surface area contributed by atoms with E-state index in [1.807, 2.05) is 19.0 Å². The highest BCUT2D eigenvalue weighted by atomic mass is 32.2. The van der Waals surface area contributed by atoms with E-state index in [0.29, 0.717) is 17.8 Å². The second-order valence-corrected chi connectivity index (χ2v) is 8.80. The number of sulfonamides is 1. The predicted molar refractivity (Wildman–Crippen MR) is 92.2 cm³/mol. The highest BCUT2D eigenvalue weighted by Crippen LogP contribution is 2.29. The van der Waals surface area contributed by atoms with Gasteiger partial charge >= 0.3 is 6.18 Å². The third kappa shape index (κ3) is 4.66. The predicted octanol–water partition coefficient (Wildman–Crippen LogP) is 1.42. The molecule has 2 heterocycles. The fourth-order valence-electron chi connectivity index (χ4n) is 2.88. The van der Waals surface area contributed by atoms with Crippen molar-refractivity contribution in [3.05, 3.63) is 47.3 Å². The first kappa shape index (κ1) is 19.8. The Bertz CT molecular complexity index is 894. The summed E-state index contributed by atoms with van der Waals surface area (Å²) in [6, 6.07) is 4.74. The molecule has 1 aromatic carbocycles. The Balaban J connectivity index is 1.65. The quantitative estimate of drug-likeness (QED) is 0.755. The van der Waals surface area contributed by atoms with Crippen LogP contribution in [-0.4, -0.2) is 65.1 Å². The minimum Gasteiger partial charge on any atom is -0.304 e. The van der Waals surface area contributed by atoms with Crippen molar-refractivity contribution in [2.75, 3.05) is 26.4 Å². The van der Waals surface area contributed by atoms with E-state index in [0.717, 1.165) is 12.1 Å². The van der Waals surface area contributed by atoms with E-state index in [-0.39, 0.29) is 24.9 Å². The number of hydrogen-bond acceptors (Lipinski definition) is 5. The number of halogens is 3. The molecule has 0 radical (unpaired) electrons. The summed E-state index contributed by atoms with van der Waals surface area (Å²) < 4.78 is 65.1. The molecule has 3 rings (SSSR count). The van der Waals surface area contributed by atoms with Gasteiger partial charge in [0, 0.05) is 12.6 Å². The lowest BCUT2D eigenvalue weighted by atomic mass is 10.1. The molecule has 1 aromatic heterocycles. The van der Waals surface area contributed by atoms with Gasteiger partial charge in [-0.1, -0.05) is 17.3 Å². The maximum atomic E-state index is 12.6. The van der Waals surface area contributed by atoms with Crippen molar-refractivity contribution < 1.29 is 21.6 Å². The summed E-state index contributed by atoms with van der Waals surface area (Å²) in [7, 11) is 0.335. The number of rotatable bonds is 5. The van der Waals surface area contributed by atoms with Crippen LogP contribution < -0.4 is 0 Å². The molecule has 0 amide bonds. The van der Waals surface area contributed by atoms with Crippen LogP contribution in [0.1, 0.15) is 16.8 Å². The summed E-state index contributed by atoms with van der Waals surface area (Å²) in [6.45, 7) is 0.763. The molecule has 1 atom stereocenters. The second kappa shape index (κ2) is 7.21. The fourth-order valence-corrected chi connectivity index (χ4v) is 4.71. The molecule has 0 saturated carbocycles. The molecular weight excluding hydrogens is 383 g/mol. The molecule has 0 aliphatic carbocycles. The standard InChI is InChI=1S/C16H20F3N5O2S/c1-22(2)15-10-24(27(25,26)11-15)9-14-8-23(21-20-14)7-12-3-5-13(6-4-12)16(17,18)19/h3-6,8,15H,7,9-11H2,1-2H3. The molecule has 0 bridgehead atoms. The van der Waals surface area contributed by atoms with E-state index >= 15 is 0 Å². The maximum Gasteiger partial charge on any atom is 0.416 e. The topological polar surface area (TPSA) is 71.3 Å². The van der Waals surface area contributed by atoms with E-state index in [1.165, 1.54) is 21.1 Å². The number of likely N-dealkylation sites (N-methyl/N-ethyl adjacent to an activating group) is 1. The van der Waals surface area contributed by atoms with Gasteiger partial charge in [0.25, 0.3) is 0 Å². The zero-order valence-corrected chi connectivity index (χ0v) is 15.7. The first-order chi connectivity index (χ1) is 12.5. The van der Waals surface area contributed by atoms with Gasteiger partial charge in [0.1, 0.15) is 0 Å². The highest BCUT2D eigenvalue weighted by molar-refractivity contribution is 7.89. The lowest BCUT2D eigenvalue weighted by Crippen LogP contribution is -2.32. The third-order valence-electron chi connectivity index (χ3n) is 4.49. The smallest absolute Gasteiger partial charge is 0.304 e. The minimum atomic E-state index is -4.37. The first-order valence-corrected chi connectivity index (χ1v) is 9.85. The summed E-state index contributed by atoms with van der Waals surface area (Å²) in [5.74, 6) is 0.0691. The summed E-state index contributed by atoms with van der Waals surface area (Å²) >= 11 is 0. The molecule has 1 fully saturated rings. The number of alkyl halides is 3. The molecule has 0 N–H and O–H groups in total. The maximum absolute atomic E-state index is 12.6. The molecule has 1 saturated heterocycles. The number of hydrogen-bond donors (Lipinski definition) is 0. The number of benzene rings is 1. The van der Waals surface area contributed by atoms with Crippen LogP contribution in [0, 0.1) is 0 Å². The van der Waals surface area contributed by atoms with Crippen LogP contribution in [0.5, 0.6) is 0 Å². The largest absolute Gasteiger partial charge is 0.416 e. The van der Waals surface area contributed by atoms with Crippen LogP contribution in [0.3, 0.4) is 0 Å². The third-order valence-corrected chi connectivity index (χ3v) is 6.36. The van der Waals surface area contributed by atoms with Crippen molar-refractivity contribution >= 4 is 10.0 Å². The summed E-state index contributed by atoms with van der Waals surface area (Å²) in [6.07, 6.45) is -2.76. The van der Waals surface area contributed by atoms with Crippen LogP contribution in [0.2, 0.25) is 0 Å². The van der Waals surface area contributed by atoms with Crippen LogP contribution in [-0.2, 0) is 29.3 Å². The van der Waals surface area contributed by atoms with E-state index in [2.05, 4.69) is 10.3 Å². The average Bonchev–Trinajstić information content (AvgIpc) is 3.12. The van der Waals surface area contributed by atoms with Crippen LogP contribution in [0.4, 0.5) is 13.2 Å². The molecular formula is C16H20F3N5O2S. The Kier molecular flexibility index (Phi) is 5.28. The lowest BCUT2D eigenvalue weighted by Gasteiger charge is -2.17. The van der Waals surface area contributed by atoms with Crippen molar-refractivity contribution in [3.8, 4) is 0 Å². The Hall–Kier alpha value is -1.98. The Morgan fingerprint density at radius 3 is 2.41 bits per heavy atom. The monoisotopic (exact) mass is 403 g/mol. The molecule has 0 spiro atoms. The number of nitrogens with zero attached hydrogens (tertiary/aromatic N) is 5. The van der Waals surface area contributed by atoms with Gasteiger partial charge in [0.05, 0.1) is 36.3 Å². The zero-order valence-electron chi connectivity index (χ0n) is 14.9. The van der Waals surface area contributed by atoms with Gasteiger partial charge in [-0.2, -0.15) is 17.5 Å². The molecule has 1 aliphatic rings. The van der Waals surface area contributed by atoms with E-state index in [9.17, 15) is 21.6 Å². The van der Waals surface area contributed by atoms with Crippen LogP contribution >= 0.6 is 0 Å². The SMILES string of the molecule is CN(C)C1CN(Cc2cn(Cc3ccc(C(F)(F)F)cc3)nn2)S(=O)(=O)C1. The van der Waals surface area contributed by atoms with Crippen molar-refractivity contribution in [1.82, 2.24) is 24.2 Å². The molecule has 1 unspecified atom stereocenters. The van der Waals surface area contributed by atoms with Gasteiger partial charge in [-0.05, 0) is 31.8 Å². The van der Waals surface area contributed by atoms with Crippen molar-refractivity contribution in [1.29, 1.82) is 0 Å². The zero-order chi connectivity index (χ0) is 19.8. The van der Waals surface area contributed by atoms with Gasteiger partial charge in [-0.25, -0.2) is 13.1 Å². The van der Waals surface area contributed by atoms with Crippen LogP contribution in [0.25, 0.3) is 0 Å². The number of aromatic nitrogens is 3. The normalized spacial score (nSPS) is 20.4. The molecule has 2 aromatic rings. The van der Waals surface area contributed by atoms with Gasteiger partial charge in [0.15, 0.2) is 0 Å². The van der Waals surface area contributed by atoms with Gasteiger partial charge in [0.2, 0.25) is 10.0 Å². The van der Waals surface area contributed by atoms with Crippen molar-refractivity contribution in [2.24, 2.45) is 0 Å². The molecule has 27 heavy (non-hydrogen) atoms. The lowest BCUT2D eigenvalue weighted by molar-refractivity contribution is -0.137. The Morgan fingerprint density at radius 1 is 1.19 bits per heavy atom. The first-order valence-electron chi connectivity index (χ1n) is 8.24. The van der Waals surface area contributed by atoms with E-state index in [1.54, 1.807) is 6.20 Å². The van der Waals surface area contributed by atoms with Crippen molar-refractivity contribution in [2.45, 2.75) is 25.3 Å². The Morgan fingerprint density at radius 2 is 1.85 bits per heavy atom. The van der Waals surface area contributed by atoms with Crippen molar-refractivity contribution in [3.63, 3.8) is 0 Å². The van der Waals surface area contributed by atoms with Gasteiger partial charge in [-0.15, -0.1) is 5.10 Å². The molecule has 11 heteroatoms. The van der Waals surface area contributed by atoms with Crippen LogP contribution in [0.15, 0.2) is 30.5 Å². The summed E-state index contributed by atoms with van der Waals surface area (Å²) in [4.78, 5) is 1.87. The fraction of sp³-hybridized carbons (Fsp3) is 0.500. The highest BCUT2D eigenvalue weighted by Gasteiger charge is 2.37. The van der Waals surface area contributed by atoms with Gasteiger partial charge in [-0.3, -0.25) is 0 Å². The minimum absolute atomic E-state index is 0.0691. The second-order valence-electron chi connectivity index (χ2n) is 6.79. The summed E-state index contributed by atoms with van der Waals surface area (Å²) in [5, 5.41) is 7.92. The Labute approximate surface area is 155 Å². The van der Waals surface area contributed by atoms with E-state index in [4.69, 9.17) is 0 Å². The molecule has 7 nitrogen and oxygen atoms in total. The van der Waals surface area contributed by atoms with E-state index < -0.39 is 21.8 Å². The van der Waals surface area contributed by atoms with Gasteiger partial charge < -0.3 is 4.90 Å². The average molecular weight is 403 g/mol. The molecule has 1 aliphatic heterocycles. The summed E-state index contributed by atoms with van der Waals surface area (Å²) in [5.41, 5.74) is 0.422. The molecule has 148 valence electrons.